The van der Waals surface area contributed by atoms with Gasteiger partial charge < -0.3 is 10.2 Å². The fraction of sp³-hybridized carbons (Fsp3) is 0.0435. The first-order chi connectivity index (χ1) is 14.9. The predicted octanol–water partition coefficient (Wildman–Crippen LogP) is 3.93. The molecule has 4 rings (SSSR count). The molecule has 1 aliphatic heterocycles. The van der Waals surface area contributed by atoms with Crippen molar-refractivity contribution >= 4 is 28.8 Å². The smallest absolute Gasteiger partial charge is 0.300 e. The molecule has 8 heteroatoms. The van der Waals surface area contributed by atoms with Crippen LogP contribution in [0.25, 0.3) is 5.76 Å². The minimum Gasteiger partial charge on any atom is -0.508 e. The molecule has 1 aliphatic rings. The molecule has 0 bridgehead atoms. The number of rotatable bonds is 4. The molecule has 0 aromatic heterocycles. The van der Waals surface area contributed by atoms with Crippen LogP contribution in [0.4, 0.5) is 11.4 Å². The van der Waals surface area contributed by atoms with Crippen molar-refractivity contribution in [2.75, 3.05) is 4.90 Å². The average Bonchev–Trinajstić information content (AvgIpc) is 3.05. The first-order valence-electron chi connectivity index (χ1n) is 9.28. The van der Waals surface area contributed by atoms with Crippen LogP contribution in [-0.4, -0.2) is 26.8 Å². The van der Waals surface area contributed by atoms with Gasteiger partial charge in [0, 0.05) is 23.4 Å². The number of para-hydroxylation sites is 1. The number of hydrogen-bond donors (Lipinski definition) is 2. The number of aromatic hydroxyl groups is 1. The summed E-state index contributed by atoms with van der Waals surface area (Å²) in [6.45, 7) is 0. The number of benzene rings is 3. The van der Waals surface area contributed by atoms with E-state index in [-0.39, 0.29) is 22.6 Å². The topological polar surface area (TPSA) is 121 Å². The maximum Gasteiger partial charge on any atom is 0.300 e. The van der Waals surface area contributed by atoms with E-state index in [0.717, 1.165) is 0 Å². The molecule has 0 spiro atoms. The summed E-state index contributed by atoms with van der Waals surface area (Å²) in [5.41, 5.74) is 0.819. The van der Waals surface area contributed by atoms with Crippen LogP contribution in [0.15, 0.2) is 84.4 Å². The van der Waals surface area contributed by atoms with E-state index in [4.69, 9.17) is 0 Å². The summed E-state index contributed by atoms with van der Waals surface area (Å²) in [5.74, 6) is -2.12. The summed E-state index contributed by atoms with van der Waals surface area (Å²) in [7, 11) is 0. The Morgan fingerprint density at radius 1 is 0.903 bits per heavy atom. The number of hydrogen-bond acceptors (Lipinski definition) is 6. The van der Waals surface area contributed by atoms with Crippen LogP contribution in [0.2, 0.25) is 0 Å². The van der Waals surface area contributed by atoms with Crippen LogP contribution in [-0.2, 0) is 9.59 Å². The van der Waals surface area contributed by atoms with E-state index in [1.807, 2.05) is 0 Å². The first-order valence-corrected chi connectivity index (χ1v) is 9.28. The number of phenolic OH excluding ortho intramolecular Hbond substituents is 1. The molecule has 0 aliphatic carbocycles. The molecule has 3 aromatic rings. The highest BCUT2D eigenvalue weighted by Crippen LogP contribution is 2.42. The van der Waals surface area contributed by atoms with Gasteiger partial charge in [-0.15, -0.1) is 0 Å². The number of amides is 1. The standard InChI is InChI=1S/C23H16N2O6/c26-18-12-8-14(9-13-18)20-19(21(27)15-6-10-17(11-7-15)25(30)31)22(28)23(29)24(20)16-4-2-1-3-5-16/h1-13,20,26-27H/b21-19-. The number of Topliss-reactive ketones (excluding diaryl/α,β-unsaturated/α-hetero) is 1. The zero-order valence-electron chi connectivity index (χ0n) is 16.0. The van der Waals surface area contributed by atoms with E-state index in [0.29, 0.717) is 11.3 Å². The number of non-ortho nitro benzene ring substituents is 1. The zero-order valence-corrected chi connectivity index (χ0v) is 16.0. The number of aliphatic hydroxyl groups is 1. The van der Waals surface area contributed by atoms with Crippen molar-refractivity contribution in [1.29, 1.82) is 0 Å². The van der Waals surface area contributed by atoms with Gasteiger partial charge in [0.15, 0.2) is 0 Å². The van der Waals surface area contributed by atoms with Gasteiger partial charge >= 0.3 is 0 Å². The van der Waals surface area contributed by atoms with E-state index in [2.05, 4.69) is 0 Å². The molecule has 1 heterocycles. The number of aliphatic hydroxyl groups excluding tert-OH is 1. The third-order valence-corrected chi connectivity index (χ3v) is 5.04. The van der Waals surface area contributed by atoms with Gasteiger partial charge in [0.25, 0.3) is 17.4 Å². The number of ketones is 1. The molecular formula is C23H16N2O6. The SMILES string of the molecule is O=C1C(=O)N(c2ccccc2)C(c2ccc(O)cc2)/C1=C(/O)c1ccc([N+](=O)[O-])cc1. The number of carbonyl (C=O) groups excluding carboxylic acids is 2. The molecule has 1 fully saturated rings. The second-order valence-electron chi connectivity index (χ2n) is 6.90. The van der Waals surface area contributed by atoms with Crippen LogP contribution in [0.5, 0.6) is 5.75 Å². The van der Waals surface area contributed by atoms with Crippen molar-refractivity contribution in [2.24, 2.45) is 0 Å². The first kappa shape index (κ1) is 19.8. The summed E-state index contributed by atoms with van der Waals surface area (Å²) in [6, 6.07) is 18.6. The summed E-state index contributed by atoms with van der Waals surface area (Å²) >= 11 is 0. The van der Waals surface area contributed by atoms with Crippen LogP contribution < -0.4 is 4.90 Å². The summed E-state index contributed by atoms with van der Waals surface area (Å²) in [4.78, 5) is 37.5. The Morgan fingerprint density at radius 3 is 2.10 bits per heavy atom. The number of carbonyl (C=O) groups is 2. The molecule has 1 amide bonds. The monoisotopic (exact) mass is 416 g/mol. The molecule has 31 heavy (non-hydrogen) atoms. The molecule has 3 aromatic carbocycles. The highest BCUT2D eigenvalue weighted by atomic mass is 16.6. The molecule has 0 radical (unpaired) electrons. The largest absolute Gasteiger partial charge is 0.508 e. The number of anilines is 1. The minimum absolute atomic E-state index is 0.00998. The van der Waals surface area contributed by atoms with Gasteiger partial charge in [0.1, 0.15) is 11.5 Å². The predicted molar refractivity (Wildman–Crippen MR) is 112 cm³/mol. The molecule has 2 N–H and O–H groups in total. The van der Waals surface area contributed by atoms with Crippen molar-refractivity contribution in [3.05, 3.63) is 106 Å². The molecule has 154 valence electrons. The lowest BCUT2D eigenvalue weighted by atomic mass is 9.95. The molecule has 1 unspecified atom stereocenters. The van der Waals surface area contributed by atoms with Crippen molar-refractivity contribution in [3.8, 4) is 5.75 Å². The number of nitrogens with zero attached hydrogens (tertiary/aromatic N) is 2. The van der Waals surface area contributed by atoms with Crippen molar-refractivity contribution in [3.63, 3.8) is 0 Å². The lowest BCUT2D eigenvalue weighted by Crippen LogP contribution is -2.29. The van der Waals surface area contributed by atoms with Gasteiger partial charge in [-0.05, 0) is 42.0 Å². The molecule has 1 atom stereocenters. The van der Waals surface area contributed by atoms with E-state index >= 15 is 0 Å². The van der Waals surface area contributed by atoms with Crippen LogP contribution in [0, 0.1) is 10.1 Å². The van der Waals surface area contributed by atoms with Gasteiger partial charge in [0.05, 0.1) is 16.5 Å². The third-order valence-electron chi connectivity index (χ3n) is 5.04. The Bertz CT molecular complexity index is 1200. The van der Waals surface area contributed by atoms with Crippen LogP contribution in [0.3, 0.4) is 0 Å². The molecule has 0 saturated carbocycles. The summed E-state index contributed by atoms with van der Waals surface area (Å²) < 4.78 is 0. The van der Waals surface area contributed by atoms with Crippen LogP contribution >= 0.6 is 0 Å². The summed E-state index contributed by atoms with van der Waals surface area (Å²) in [6.07, 6.45) is 0. The van der Waals surface area contributed by atoms with Gasteiger partial charge in [0.2, 0.25) is 0 Å². The van der Waals surface area contributed by atoms with E-state index < -0.39 is 28.4 Å². The average molecular weight is 416 g/mol. The van der Waals surface area contributed by atoms with Gasteiger partial charge in [-0.3, -0.25) is 24.6 Å². The van der Waals surface area contributed by atoms with Crippen molar-refractivity contribution in [2.45, 2.75) is 6.04 Å². The minimum atomic E-state index is -0.946. The highest BCUT2D eigenvalue weighted by molar-refractivity contribution is 6.51. The highest BCUT2D eigenvalue weighted by Gasteiger charge is 2.46. The van der Waals surface area contributed by atoms with Crippen molar-refractivity contribution < 1.29 is 24.7 Å². The van der Waals surface area contributed by atoms with Crippen LogP contribution in [0.1, 0.15) is 17.2 Å². The van der Waals surface area contributed by atoms with Crippen molar-refractivity contribution in [1.82, 2.24) is 0 Å². The Hall–Kier alpha value is -4.46. The molecule has 8 nitrogen and oxygen atoms in total. The van der Waals surface area contributed by atoms with Gasteiger partial charge in [-0.1, -0.05) is 30.3 Å². The normalized spacial score (nSPS) is 17.7. The fourth-order valence-corrected chi connectivity index (χ4v) is 3.56. The number of phenols is 1. The zero-order chi connectivity index (χ0) is 22.1. The lowest BCUT2D eigenvalue weighted by Gasteiger charge is -2.25. The Kier molecular flexibility index (Phi) is 4.96. The van der Waals surface area contributed by atoms with Gasteiger partial charge in [-0.25, -0.2) is 0 Å². The quantitative estimate of drug-likeness (QED) is 0.219. The Balaban J connectivity index is 1.91. The third kappa shape index (κ3) is 3.51. The Labute approximate surface area is 176 Å². The number of nitro benzene ring substituents is 1. The maximum atomic E-state index is 13.0. The Morgan fingerprint density at radius 2 is 1.52 bits per heavy atom. The molecular weight excluding hydrogens is 400 g/mol. The summed E-state index contributed by atoms with van der Waals surface area (Å²) in [5, 5.41) is 31.5. The number of nitro groups is 1. The maximum absolute atomic E-state index is 13.0. The second-order valence-corrected chi connectivity index (χ2v) is 6.90. The second kappa shape index (κ2) is 7.75. The van der Waals surface area contributed by atoms with Gasteiger partial charge in [-0.2, -0.15) is 0 Å². The molecule has 1 saturated heterocycles. The lowest BCUT2D eigenvalue weighted by molar-refractivity contribution is -0.384. The van der Waals surface area contributed by atoms with E-state index in [9.17, 15) is 29.9 Å². The van der Waals surface area contributed by atoms with E-state index in [1.165, 1.54) is 41.3 Å². The fourth-order valence-electron chi connectivity index (χ4n) is 3.56. The van der Waals surface area contributed by atoms with E-state index in [1.54, 1.807) is 42.5 Å².